The van der Waals surface area contributed by atoms with Gasteiger partial charge in [0.15, 0.2) is 0 Å². The molecule has 1 fully saturated rings. The Labute approximate surface area is 124 Å². The molecule has 2 aliphatic rings. The van der Waals surface area contributed by atoms with Gasteiger partial charge in [-0.05, 0) is 62.1 Å². The molecule has 0 spiro atoms. The molecule has 20 heavy (non-hydrogen) atoms. The number of thioether (sulfide) groups is 1. The van der Waals surface area contributed by atoms with Crippen LogP contribution in [0.15, 0.2) is 18.2 Å². The lowest BCUT2D eigenvalue weighted by Gasteiger charge is -2.28. The first-order valence-electron chi connectivity index (χ1n) is 7.46. The third kappa shape index (κ3) is 2.95. The molecule has 3 rings (SSSR count). The maximum atomic E-state index is 12.3. The third-order valence-corrected chi connectivity index (χ3v) is 5.56. The van der Waals surface area contributed by atoms with Crippen LogP contribution in [0, 0.1) is 0 Å². The molecular formula is C16H22N2OS. The summed E-state index contributed by atoms with van der Waals surface area (Å²) in [5, 5.41) is 7.31. The lowest BCUT2D eigenvalue weighted by atomic mass is 9.94. The number of benzene rings is 1. The number of fused-ring (bicyclic) bond motifs is 1. The number of hydrogen-bond donors (Lipinski definition) is 2. The van der Waals surface area contributed by atoms with Gasteiger partial charge >= 0.3 is 0 Å². The highest BCUT2D eigenvalue weighted by atomic mass is 32.2. The van der Waals surface area contributed by atoms with Gasteiger partial charge in [-0.15, -0.1) is 0 Å². The first-order chi connectivity index (χ1) is 9.76. The van der Waals surface area contributed by atoms with Gasteiger partial charge in [0.05, 0.1) is 0 Å². The Balaban J connectivity index is 1.59. The summed E-state index contributed by atoms with van der Waals surface area (Å²) in [5.41, 5.74) is 3.25. The van der Waals surface area contributed by atoms with Gasteiger partial charge in [-0.2, -0.15) is 11.8 Å². The maximum Gasteiger partial charge on any atom is 0.251 e. The number of anilines is 1. The van der Waals surface area contributed by atoms with Crippen molar-refractivity contribution in [3.05, 3.63) is 29.3 Å². The summed E-state index contributed by atoms with van der Waals surface area (Å²) in [6.45, 7) is 0.985. The van der Waals surface area contributed by atoms with Crippen molar-refractivity contribution in [1.29, 1.82) is 0 Å². The fraction of sp³-hybridized carbons (Fsp3) is 0.562. The summed E-state index contributed by atoms with van der Waals surface area (Å²) in [6, 6.07) is 6.36. The SMILES string of the molecule is CSC1CCC(NC(=O)c2ccc3c(c2)CCN3)CC1. The molecule has 1 amide bonds. The molecule has 0 saturated heterocycles. The Kier molecular flexibility index (Phi) is 4.20. The smallest absolute Gasteiger partial charge is 0.251 e. The van der Waals surface area contributed by atoms with E-state index in [1.165, 1.54) is 24.1 Å². The number of carbonyl (C=O) groups excluding carboxylic acids is 1. The van der Waals surface area contributed by atoms with E-state index >= 15 is 0 Å². The van der Waals surface area contributed by atoms with E-state index in [-0.39, 0.29) is 5.91 Å². The van der Waals surface area contributed by atoms with E-state index in [4.69, 9.17) is 0 Å². The van der Waals surface area contributed by atoms with Crippen molar-refractivity contribution in [2.75, 3.05) is 18.1 Å². The predicted molar refractivity (Wildman–Crippen MR) is 85.7 cm³/mol. The molecule has 1 aromatic carbocycles. The first-order valence-corrected chi connectivity index (χ1v) is 8.75. The third-order valence-electron chi connectivity index (χ3n) is 4.42. The van der Waals surface area contributed by atoms with Gasteiger partial charge in [0, 0.05) is 29.1 Å². The van der Waals surface area contributed by atoms with Gasteiger partial charge in [0.1, 0.15) is 0 Å². The quantitative estimate of drug-likeness (QED) is 0.899. The Morgan fingerprint density at radius 1 is 1.30 bits per heavy atom. The average molecular weight is 290 g/mol. The van der Waals surface area contributed by atoms with Crippen molar-refractivity contribution in [3.8, 4) is 0 Å². The highest BCUT2D eigenvalue weighted by Crippen LogP contribution is 2.27. The van der Waals surface area contributed by atoms with Crippen LogP contribution in [-0.4, -0.2) is 30.0 Å². The molecule has 2 N–H and O–H groups in total. The van der Waals surface area contributed by atoms with E-state index in [2.05, 4.69) is 16.9 Å². The monoisotopic (exact) mass is 290 g/mol. The second-order valence-corrected chi connectivity index (χ2v) is 6.87. The van der Waals surface area contributed by atoms with Crippen molar-refractivity contribution in [2.24, 2.45) is 0 Å². The van der Waals surface area contributed by atoms with E-state index in [0.29, 0.717) is 6.04 Å². The van der Waals surface area contributed by atoms with Gasteiger partial charge in [-0.25, -0.2) is 0 Å². The van der Waals surface area contributed by atoms with E-state index in [1.807, 2.05) is 30.0 Å². The number of nitrogens with one attached hydrogen (secondary N) is 2. The minimum atomic E-state index is 0.0901. The highest BCUT2D eigenvalue weighted by Gasteiger charge is 2.22. The standard InChI is InChI=1S/C16H22N2OS/c1-20-14-5-3-13(4-6-14)18-16(19)12-2-7-15-11(10-12)8-9-17-15/h2,7,10,13-14,17H,3-6,8-9H2,1H3,(H,18,19). The fourth-order valence-electron chi connectivity index (χ4n) is 3.16. The molecule has 0 atom stereocenters. The van der Waals surface area contributed by atoms with E-state index in [0.717, 1.165) is 36.6 Å². The van der Waals surface area contributed by atoms with Crippen molar-refractivity contribution in [2.45, 2.75) is 43.4 Å². The minimum absolute atomic E-state index is 0.0901. The molecular weight excluding hydrogens is 268 g/mol. The van der Waals surface area contributed by atoms with E-state index in [1.54, 1.807) is 0 Å². The van der Waals surface area contributed by atoms with Crippen LogP contribution in [0.1, 0.15) is 41.6 Å². The zero-order chi connectivity index (χ0) is 13.9. The number of rotatable bonds is 3. The molecule has 1 saturated carbocycles. The molecule has 4 heteroatoms. The topological polar surface area (TPSA) is 41.1 Å². The normalized spacial score (nSPS) is 24.9. The predicted octanol–water partition coefficient (Wildman–Crippen LogP) is 3.06. The van der Waals surface area contributed by atoms with Crippen molar-refractivity contribution in [3.63, 3.8) is 0 Å². The van der Waals surface area contributed by atoms with Crippen LogP contribution >= 0.6 is 11.8 Å². The summed E-state index contributed by atoms with van der Waals surface area (Å²) in [6.07, 6.45) is 7.88. The van der Waals surface area contributed by atoms with Crippen LogP contribution in [0.25, 0.3) is 0 Å². The summed E-state index contributed by atoms with van der Waals surface area (Å²) in [5.74, 6) is 0.0901. The van der Waals surface area contributed by atoms with Crippen molar-refractivity contribution in [1.82, 2.24) is 5.32 Å². The fourth-order valence-corrected chi connectivity index (χ4v) is 3.90. The van der Waals surface area contributed by atoms with Crippen LogP contribution < -0.4 is 10.6 Å². The Hall–Kier alpha value is -1.16. The summed E-state index contributed by atoms with van der Waals surface area (Å²) >= 11 is 1.96. The van der Waals surface area contributed by atoms with Gasteiger partial charge in [0.2, 0.25) is 0 Å². The largest absolute Gasteiger partial charge is 0.384 e. The molecule has 108 valence electrons. The Bertz CT molecular complexity index is 495. The molecule has 0 radical (unpaired) electrons. The maximum absolute atomic E-state index is 12.3. The number of hydrogen-bond acceptors (Lipinski definition) is 3. The van der Waals surface area contributed by atoms with Gasteiger partial charge in [0.25, 0.3) is 5.91 Å². The van der Waals surface area contributed by atoms with E-state index in [9.17, 15) is 4.79 Å². The van der Waals surface area contributed by atoms with Crippen LogP contribution in [-0.2, 0) is 6.42 Å². The minimum Gasteiger partial charge on any atom is -0.384 e. The van der Waals surface area contributed by atoms with Crippen LogP contribution in [0.4, 0.5) is 5.69 Å². The highest BCUT2D eigenvalue weighted by molar-refractivity contribution is 7.99. The van der Waals surface area contributed by atoms with Crippen molar-refractivity contribution >= 4 is 23.4 Å². The molecule has 0 bridgehead atoms. The van der Waals surface area contributed by atoms with Crippen LogP contribution in [0.2, 0.25) is 0 Å². The lowest BCUT2D eigenvalue weighted by Crippen LogP contribution is -2.38. The second kappa shape index (κ2) is 6.08. The molecule has 3 nitrogen and oxygen atoms in total. The summed E-state index contributed by atoms with van der Waals surface area (Å²) in [4.78, 5) is 12.3. The Morgan fingerprint density at radius 3 is 2.85 bits per heavy atom. The van der Waals surface area contributed by atoms with Crippen molar-refractivity contribution < 1.29 is 4.79 Å². The zero-order valence-corrected chi connectivity index (χ0v) is 12.8. The first kappa shape index (κ1) is 13.8. The van der Waals surface area contributed by atoms with E-state index < -0.39 is 0 Å². The molecule has 1 aliphatic heterocycles. The molecule has 1 heterocycles. The lowest BCUT2D eigenvalue weighted by molar-refractivity contribution is 0.0928. The summed E-state index contributed by atoms with van der Waals surface area (Å²) < 4.78 is 0. The van der Waals surface area contributed by atoms with Gasteiger partial charge < -0.3 is 10.6 Å². The van der Waals surface area contributed by atoms with Crippen LogP contribution in [0.5, 0.6) is 0 Å². The Morgan fingerprint density at radius 2 is 2.10 bits per heavy atom. The average Bonchev–Trinajstić information content (AvgIpc) is 2.95. The molecule has 0 aromatic heterocycles. The number of carbonyl (C=O) groups is 1. The summed E-state index contributed by atoms with van der Waals surface area (Å²) in [7, 11) is 0. The second-order valence-electron chi connectivity index (χ2n) is 5.73. The molecule has 0 unspecified atom stereocenters. The number of amides is 1. The van der Waals surface area contributed by atoms with Crippen LogP contribution in [0.3, 0.4) is 0 Å². The molecule has 1 aliphatic carbocycles. The molecule has 1 aromatic rings. The zero-order valence-electron chi connectivity index (χ0n) is 11.9. The van der Waals surface area contributed by atoms with Gasteiger partial charge in [-0.1, -0.05) is 0 Å². The van der Waals surface area contributed by atoms with Gasteiger partial charge in [-0.3, -0.25) is 4.79 Å².